The van der Waals surface area contributed by atoms with Crippen molar-refractivity contribution < 1.29 is 19.1 Å². The van der Waals surface area contributed by atoms with E-state index in [1.165, 1.54) is 22.1 Å². The lowest BCUT2D eigenvalue weighted by molar-refractivity contribution is -0.121. The van der Waals surface area contributed by atoms with Gasteiger partial charge in [-0.1, -0.05) is 18.2 Å². The molecule has 0 unspecified atom stereocenters. The first-order valence-corrected chi connectivity index (χ1v) is 11.0. The van der Waals surface area contributed by atoms with Crippen LogP contribution in [0.5, 0.6) is 11.5 Å². The standard InChI is InChI=1S/C24H24N2O4S/c1-29-19-12-10-15(14-20(19)30-2)18(27)11-13-23(28)26-25-17-7-5-9-22-24(17)16-6-3-4-8-21(16)31-22/h3-4,6,8,10,12,14H,5,7,9,11,13H2,1-2H3,(H,26,28)/b25-17+. The maximum absolute atomic E-state index is 12.5. The van der Waals surface area contributed by atoms with Crippen LogP contribution in [-0.4, -0.2) is 31.6 Å². The van der Waals surface area contributed by atoms with Crippen LogP contribution in [0.4, 0.5) is 0 Å². The highest BCUT2D eigenvalue weighted by molar-refractivity contribution is 7.19. The van der Waals surface area contributed by atoms with E-state index in [-0.39, 0.29) is 24.5 Å². The number of hydrogen-bond donors (Lipinski definition) is 1. The quantitative estimate of drug-likeness (QED) is 0.429. The van der Waals surface area contributed by atoms with Crippen molar-refractivity contribution in [2.75, 3.05) is 14.2 Å². The van der Waals surface area contributed by atoms with E-state index in [9.17, 15) is 9.59 Å². The maximum atomic E-state index is 12.5. The Morgan fingerprint density at radius 1 is 1.03 bits per heavy atom. The Morgan fingerprint density at radius 3 is 2.65 bits per heavy atom. The van der Waals surface area contributed by atoms with Crippen LogP contribution in [0.2, 0.25) is 0 Å². The van der Waals surface area contributed by atoms with Gasteiger partial charge in [0.2, 0.25) is 5.91 Å². The van der Waals surface area contributed by atoms with Crippen LogP contribution in [-0.2, 0) is 11.2 Å². The van der Waals surface area contributed by atoms with Crippen LogP contribution >= 0.6 is 11.3 Å². The number of hydrogen-bond acceptors (Lipinski definition) is 6. The summed E-state index contributed by atoms with van der Waals surface area (Å²) < 4.78 is 11.7. The normalized spacial score (nSPS) is 14.3. The second-order valence-electron chi connectivity index (χ2n) is 7.34. The molecule has 4 rings (SSSR count). The summed E-state index contributed by atoms with van der Waals surface area (Å²) in [6.45, 7) is 0. The first-order valence-electron chi connectivity index (χ1n) is 10.2. The molecule has 160 valence electrons. The van der Waals surface area contributed by atoms with Gasteiger partial charge in [-0.2, -0.15) is 5.10 Å². The van der Waals surface area contributed by atoms with E-state index in [0.717, 1.165) is 30.5 Å². The molecule has 0 aliphatic heterocycles. The summed E-state index contributed by atoms with van der Waals surface area (Å²) in [5, 5.41) is 5.62. The lowest BCUT2D eigenvalue weighted by Gasteiger charge is -2.14. The number of rotatable bonds is 7. The summed E-state index contributed by atoms with van der Waals surface area (Å²) in [7, 11) is 3.06. The van der Waals surface area contributed by atoms with Crippen LogP contribution in [0.25, 0.3) is 10.1 Å². The van der Waals surface area contributed by atoms with Gasteiger partial charge in [-0.15, -0.1) is 11.3 Å². The molecule has 0 spiro atoms. The minimum atomic E-state index is -0.270. The molecule has 0 saturated heterocycles. The fourth-order valence-corrected chi connectivity index (χ4v) is 5.08. The van der Waals surface area contributed by atoms with Crippen molar-refractivity contribution in [3.05, 3.63) is 58.5 Å². The van der Waals surface area contributed by atoms with Crippen molar-refractivity contribution >= 4 is 38.8 Å². The number of thiophene rings is 1. The van der Waals surface area contributed by atoms with E-state index in [1.807, 2.05) is 12.1 Å². The van der Waals surface area contributed by atoms with Crippen molar-refractivity contribution in [1.82, 2.24) is 5.43 Å². The largest absolute Gasteiger partial charge is 0.493 e. The molecule has 31 heavy (non-hydrogen) atoms. The van der Waals surface area contributed by atoms with Crippen LogP contribution < -0.4 is 14.9 Å². The molecule has 2 aromatic carbocycles. The fourth-order valence-electron chi connectivity index (χ4n) is 3.81. The zero-order valence-electron chi connectivity index (χ0n) is 17.6. The summed E-state index contributed by atoms with van der Waals surface area (Å²) in [5.74, 6) is 0.640. The van der Waals surface area contributed by atoms with Crippen LogP contribution in [0.1, 0.15) is 46.5 Å². The Labute approximate surface area is 184 Å². The fraction of sp³-hybridized carbons (Fsp3) is 0.292. The molecule has 1 aromatic heterocycles. The molecule has 1 amide bonds. The van der Waals surface area contributed by atoms with E-state index in [0.29, 0.717) is 17.1 Å². The van der Waals surface area contributed by atoms with Gasteiger partial charge in [0.25, 0.3) is 0 Å². The van der Waals surface area contributed by atoms with Gasteiger partial charge in [0.15, 0.2) is 17.3 Å². The summed E-state index contributed by atoms with van der Waals surface area (Å²) >= 11 is 1.80. The molecule has 0 saturated carbocycles. The molecule has 0 atom stereocenters. The first-order chi connectivity index (χ1) is 15.1. The number of hydrazone groups is 1. The molecule has 0 bridgehead atoms. The second-order valence-corrected chi connectivity index (χ2v) is 8.47. The highest BCUT2D eigenvalue weighted by atomic mass is 32.1. The third kappa shape index (κ3) is 4.46. The van der Waals surface area contributed by atoms with Gasteiger partial charge in [-0.25, -0.2) is 5.43 Å². The van der Waals surface area contributed by atoms with Crippen molar-refractivity contribution in [3.8, 4) is 11.5 Å². The second kappa shape index (κ2) is 9.31. The number of nitrogens with one attached hydrogen (secondary N) is 1. The zero-order valence-corrected chi connectivity index (χ0v) is 18.4. The van der Waals surface area contributed by atoms with E-state index in [2.05, 4.69) is 22.7 Å². The molecule has 6 nitrogen and oxygen atoms in total. The van der Waals surface area contributed by atoms with Crippen LogP contribution in [0, 0.1) is 0 Å². The van der Waals surface area contributed by atoms with Gasteiger partial charge in [0.1, 0.15) is 0 Å². The highest BCUT2D eigenvalue weighted by Gasteiger charge is 2.21. The average molecular weight is 437 g/mol. The van der Waals surface area contributed by atoms with Crippen molar-refractivity contribution in [3.63, 3.8) is 0 Å². The lowest BCUT2D eigenvalue weighted by Crippen LogP contribution is -2.22. The Morgan fingerprint density at radius 2 is 1.84 bits per heavy atom. The van der Waals surface area contributed by atoms with Crippen molar-refractivity contribution in [1.29, 1.82) is 0 Å². The predicted molar refractivity (Wildman–Crippen MR) is 123 cm³/mol. The van der Waals surface area contributed by atoms with Gasteiger partial charge < -0.3 is 9.47 Å². The van der Waals surface area contributed by atoms with E-state index in [4.69, 9.17) is 9.47 Å². The summed E-state index contributed by atoms with van der Waals surface area (Å²) in [4.78, 5) is 26.2. The van der Waals surface area contributed by atoms with Gasteiger partial charge in [-0.05, 0) is 43.5 Å². The number of Topliss-reactive ketones (excluding diaryl/α,β-unsaturated/α-hetero) is 1. The third-order valence-corrected chi connectivity index (χ3v) is 6.61. The predicted octanol–water partition coefficient (Wildman–Crippen LogP) is 4.74. The Bertz CT molecular complexity index is 1170. The van der Waals surface area contributed by atoms with Gasteiger partial charge in [0, 0.05) is 38.9 Å². The molecular formula is C24H24N2O4S. The average Bonchev–Trinajstić information content (AvgIpc) is 3.20. The van der Waals surface area contributed by atoms with E-state index < -0.39 is 0 Å². The summed E-state index contributed by atoms with van der Waals surface area (Å²) in [6.07, 6.45) is 3.06. The molecule has 0 radical (unpaired) electrons. The van der Waals surface area contributed by atoms with Gasteiger partial charge in [-0.3, -0.25) is 9.59 Å². The van der Waals surface area contributed by atoms with Crippen molar-refractivity contribution in [2.24, 2.45) is 5.10 Å². The first kappa shape index (κ1) is 21.1. The zero-order chi connectivity index (χ0) is 21.8. The lowest BCUT2D eigenvalue weighted by atomic mass is 9.94. The smallest absolute Gasteiger partial charge is 0.240 e. The topological polar surface area (TPSA) is 77.0 Å². The maximum Gasteiger partial charge on any atom is 0.240 e. The van der Waals surface area contributed by atoms with Crippen molar-refractivity contribution in [2.45, 2.75) is 32.1 Å². The Kier molecular flexibility index (Phi) is 6.32. The molecule has 0 fully saturated rings. The minimum absolute atomic E-state index is 0.0706. The van der Waals surface area contributed by atoms with Gasteiger partial charge in [0.05, 0.1) is 19.9 Å². The van der Waals surface area contributed by atoms with Gasteiger partial charge >= 0.3 is 0 Å². The number of ether oxygens (including phenoxy) is 2. The molecule has 3 aromatic rings. The summed E-state index contributed by atoms with van der Waals surface area (Å²) in [5.41, 5.74) is 5.21. The number of carbonyl (C=O) groups excluding carboxylic acids is 2. The molecule has 1 aliphatic rings. The summed E-state index contributed by atoms with van der Waals surface area (Å²) in [6, 6.07) is 13.3. The molecule has 1 aliphatic carbocycles. The van der Waals surface area contributed by atoms with E-state index >= 15 is 0 Å². The molecular weight excluding hydrogens is 412 g/mol. The number of ketones is 1. The number of benzene rings is 2. The van der Waals surface area contributed by atoms with Crippen LogP contribution in [0.15, 0.2) is 47.6 Å². The molecule has 1 heterocycles. The number of amides is 1. The minimum Gasteiger partial charge on any atom is -0.493 e. The molecule has 1 N–H and O–H groups in total. The van der Waals surface area contributed by atoms with Crippen LogP contribution in [0.3, 0.4) is 0 Å². The Balaban J connectivity index is 1.40. The number of carbonyl (C=O) groups is 2. The SMILES string of the molecule is COc1ccc(C(=O)CCC(=O)N/N=C2\CCCc3sc4ccccc4c32)cc1OC. The monoisotopic (exact) mass is 436 g/mol. The number of fused-ring (bicyclic) bond motifs is 3. The number of nitrogens with zero attached hydrogens (tertiary/aromatic N) is 1. The van der Waals surface area contributed by atoms with E-state index in [1.54, 1.807) is 36.6 Å². The highest BCUT2D eigenvalue weighted by Crippen LogP contribution is 2.36. The number of aryl methyl sites for hydroxylation is 1. The number of methoxy groups -OCH3 is 2. The Hall–Kier alpha value is -3.19. The third-order valence-electron chi connectivity index (χ3n) is 5.37. The molecule has 7 heteroatoms.